The summed E-state index contributed by atoms with van der Waals surface area (Å²) in [5, 5.41) is 26.2. The Morgan fingerprint density at radius 2 is 2.04 bits per heavy atom. The molecular formula is C18H14Br2N3O2+. The zero-order valence-electron chi connectivity index (χ0n) is 13.0. The normalized spacial score (nSPS) is 28.1. The van der Waals surface area contributed by atoms with Crippen LogP contribution in [0.25, 0.3) is 5.57 Å². The van der Waals surface area contributed by atoms with Crippen LogP contribution in [0.4, 0.5) is 11.4 Å². The van der Waals surface area contributed by atoms with Gasteiger partial charge in [0, 0.05) is 21.6 Å². The minimum absolute atomic E-state index is 0.160. The van der Waals surface area contributed by atoms with Crippen LogP contribution in [0, 0.1) is 0 Å². The fraction of sp³-hybridized carbons (Fsp3) is 0.222. The van der Waals surface area contributed by atoms with E-state index in [4.69, 9.17) is 0 Å². The monoisotopic (exact) mass is 462 g/mol. The summed E-state index contributed by atoms with van der Waals surface area (Å²) >= 11 is 6.97. The predicted octanol–water partition coefficient (Wildman–Crippen LogP) is 0.472. The van der Waals surface area contributed by atoms with Crippen molar-refractivity contribution < 1.29 is 15.2 Å². The molecule has 3 aliphatic heterocycles. The van der Waals surface area contributed by atoms with Crippen molar-refractivity contribution in [3.8, 4) is 5.75 Å². The number of benzene rings is 1. The van der Waals surface area contributed by atoms with E-state index < -0.39 is 11.5 Å². The SMILES string of the molecule is Oc1c2c(c3c4c1N=CC=4CC[NH+]=3)C1(C=CN2)C=C(Br)C(O)C(Br)=C1. The van der Waals surface area contributed by atoms with Crippen LogP contribution in [0.2, 0.25) is 0 Å². The van der Waals surface area contributed by atoms with Gasteiger partial charge in [-0.25, -0.2) is 4.99 Å². The standard InChI is InChI=1S/C18H13Br2N3O2/c19-9-5-18(6-10(20)16(9)24)2-4-22-15-12(18)13-11-8(1-3-21-13)7-23-14(11)17(15)25/h2,4-7,16,22,24-25H,1,3H2/p+1. The van der Waals surface area contributed by atoms with E-state index in [-0.39, 0.29) is 5.75 Å². The second-order valence-electron chi connectivity index (χ2n) is 6.53. The molecule has 0 unspecified atom stereocenters. The van der Waals surface area contributed by atoms with Gasteiger partial charge in [0.25, 0.3) is 0 Å². The zero-order chi connectivity index (χ0) is 17.3. The maximum Gasteiger partial charge on any atom is 0.215 e. The molecule has 0 radical (unpaired) electrons. The van der Waals surface area contributed by atoms with Crippen LogP contribution in [0.1, 0.15) is 12.0 Å². The first-order chi connectivity index (χ1) is 12.0. The molecule has 0 aromatic heterocycles. The number of nitrogens with one attached hydrogen (secondary N) is 2. The van der Waals surface area contributed by atoms with Crippen molar-refractivity contribution in [3.63, 3.8) is 0 Å². The minimum atomic E-state index is -0.713. The van der Waals surface area contributed by atoms with Gasteiger partial charge in [-0.2, -0.15) is 0 Å². The first kappa shape index (κ1) is 15.5. The van der Waals surface area contributed by atoms with Crippen molar-refractivity contribution in [3.05, 3.63) is 49.5 Å². The topological polar surface area (TPSA) is 78.8 Å². The Hall–Kier alpha value is -1.70. The number of hydrogen-bond acceptors (Lipinski definition) is 4. The van der Waals surface area contributed by atoms with Crippen molar-refractivity contribution in [1.29, 1.82) is 0 Å². The fourth-order valence-electron chi connectivity index (χ4n) is 4.01. The summed E-state index contributed by atoms with van der Waals surface area (Å²) in [6.45, 7) is 0.823. The van der Waals surface area contributed by atoms with E-state index in [2.05, 4.69) is 47.2 Å². The van der Waals surface area contributed by atoms with Crippen molar-refractivity contribution in [2.45, 2.75) is 17.9 Å². The summed E-state index contributed by atoms with van der Waals surface area (Å²) in [7, 11) is 0. The smallest absolute Gasteiger partial charge is 0.215 e. The largest absolute Gasteiger partial charge is 0.504 e. The molecule has 25 heavy (non-hydrogen) atoms. The van der Waals surface area contributed by atoms with E-state index in [9.17, 15) is 10.2 Å². The summed E-state index contributed by atoms with van der Waals surface area (Å²) in [6, 6.07) is 0. The highest BCUT2D eigenvalue weighted by Gasteiger charge is 2.41. The Kier molecular flexibility index (Phi) is 3.21. The number of halogens is 2. The number of aliphatic hydroxyl groups excluding tert-OH is 1. The van der Waals surface area contributed by atoms with E-state index in [1.54, 1.807) is 0 Å². The molecule has 0 fully saturated rings. The summed E-state index contributed by atoms with van der Waals surface area (Å²) in [5.41, 5.74) is 2.77. The quantitative estimate of drug-likeness (QED) is 0.422. The highest BCUT2D eigenvalue weighted by molar-refractivity contribution is 9.12. The summed E-state index contributed by atoms with van der Waals surface area (Å²) in [5.74, 6) is 0.160. The van der Waals surface area contributed by atoms with Gasteiger partial charge in [-0.1, -0.05) is 44.0 Å². The fourth-order valence-corrected chi connectivity index (χ4v) is 5.56. The second kappa shape index (κ2) is 5.16. The number of allylic oxidation sites excluding steroid dienone is 3. The Morgan fingerprint density at radius 3 is 2.80 bits per heavy atom. The van der Waals surface area contributed by atoms with E-state index in [0.717, 1.165) is 34.7 Å². The Balaban J connectivity index is 1.94. The van der Waals surface area contributed by atoms with Gasteiger partial charge in [0.15, 0.2) is 5.75 Å². The molecule has 1 aromatic rings. The van der Waals surface area contributed by atoms with Gasteiger partial charge in [0.1, 0.15) is 18.3 Å². The Bertz CT molecular complexity index is 1060. The highest BCUT2D eigenvalue weighted by atomic mass is 79.9. The molecule has 4 aliphatic rings. The number of phenols is 1. The maximum atomic E-state index is 10.8. The molecule has 4 N–H and O–H groups in total. The number of aliphatic hydroxyl groups is 1. The number of fused-ring (bicyclic) bond motifs is 3. The molecule has 126 valence electrons. The number of rotatable bonds is 0. The zero-order valence-corrected chi connectivity index (χ0v) is 16.1. The van der Waals surface area contributed by atoms with Gasteiger partial charge in [0.2, 0.25) is 5.36 Å². The summed E-state index contributed by atoms with van der Waals surface area (Å²) in [4.78, 5) is 7.93. The lowest BCUT2D eigenvalue weighted by Crippen LogP contribution is -2.82. The average Bonchev–Trinajstić information content (AvgIpc) is 3.03. The van der Waals surface area contributed by atoms with Crippen LogP contribution < -0.4 is 20.9 Å². The minimum Gasteiger partial charge on any atom is -0.504 e. The molecule has 0 saturated heterocycles. The molecule has 0 bridgehead atoms. The molecule has 0 saturated carbocycles. The molecule has 0 amide bonds. The first-order valence-electron chi connectivity index (χ1n) is 7.98. The third-order valence-electron chi connectivity index (χ3n) is 5.11. The predicted molar refractivity (Wildman–Crippen MR) is 103 cm³/mol. The van der Waals surface area contributed by atoms with Gasteiger partial charge in [-0.05, 0) is 17.8 Å². The van der Waals surface area contributed by atoms with Gasteiger partial charge >= 0.3 is 0 Å². The number of nitrogens with zero attached hydrogens (tertiary/aromatic N) is 1. The summed E-state index contributed by atoms with van der Waals surface area (Å²) in [6.07, 6.45) is 9.82. The van der Waals surface area contributed by atoms with Crippen LogP contribution in [-0.2, 0) is 5.41 Å². The number of aliphatic imine (C=N–C) groups is 1. The molecule has 0 atom stereocenters. The molecule has 1 spiro atoms. The van der Waals surface area contributed by atoms with Crippen molar-refractivity contribution >= 4 is 55.0 Å². The van der Waals surface area contributed by atoms with E-state index in [0.29, 0.717) is 20.3 Å². The summed E-state index contributed by atoms with van der Waals surface area (Å²) < 4.78 is 1.37. The lowest BCUT2D eigenvalue weighted by atomic mass is 9.74. The van der Waals surface area contributed by atoms with E-state index in [1.807, 2.05) is 30.6 Å². The molecule has 1 aliphatic carbocycles. The van der Waals surface area contributed by atoms with Crippen molar-refractivity contribution in [2.75, 3.05) is 11.9 Å². The maximum absolute atomic E-state index is 10.8. The van der Waals surface area contributed by atoms with E-state index >= 15 is 0 Å². The molecular weight excluding hydrogens is 450 g/mol. The Labute approximate surface area is 160 Å². The first-order valence-corrected chi connectivity index (χ1v) is 9.57. The molecule has 3 heterocycles. The molecule has 1 aromatic carbocycles. The molecule has 7 heteroatoms. The van der Waals surface area contributed by atoms with E-state index in [1.165, 1.54) is 0 Å². The second-order valence-corrected chi connectivity index (χ2v) is 8.36. The average molecular weight is 464 g/mol. The van der Waals surface area contributed by atoms with Crippen molar-refractivity contribution in [2.24, 2.45) is 4.99 Å². The number of phenolic OH excluding ortho intramolecular Hbond substituents is 1. The van der Waals surface area contributed by atoms with Gasteiger partial charge in [-0.3, -0.25) is 4.99 Å². The molecule has 5 rings (SSSR count). The highest BCUT2D eigenvalue weighted by Crippen LogP contribution is 2.47. The van der Waals surface area contributed by atoms with Crippen LogP contribution in [0.3, 0.4) is 0 Å². The lowest BCUT2D eigenvalue weighted by Gasteiger charge is -2.34. The van der Waals surface area contributed by atoms with Crippen LogP contribution >= 0.6 is 31.9 Å². The van der Waals surface area contributed by atoms with Gasteiger partial charge in [-0.15, -0.1) is 0 Å². The van der Waals surface area contributed by atoms with Crippen molar-refractivity contribution in [1.82, 2.24) is 0 Å². The molecule has 5 nitrogen and oxygen atoms in total. The third-order valence-corrected chi connectivity index (χ3v) is 6.44. The van der Waals surface area contributed by atoms with Gasteiger partial charge < -0.3 is 15.5 Å². The Morgan fingerprint density at radius 1 is 1.28 bits per heavy atom. The number of anilines is 1. The third kappa shape index (κ3) is 1.97. The van der Waals surface area contributed by atoms with Gasteiger partial charge in [0.05, 0.1) is 21.9 Å². The van der Waals surface area contributed by atoms with Crippen LogP contribution in [0.5, 0.6) is 5.75 Å². The van der Waals surface area contributed by atoms with Crippen LogP contribution in [-0.4, -0.2) is 29.1 Å². The number of hydrogen-bond donors (Lipinski definition) is 4. The number of aromatic hydroxyl groups is 1. The van der Waals surface area contributed by atoms with Crippen LogP contribution in [0.15, 0.2) is 38.4 Å². The lowest BCUT2D eigenvalue weighted by molar-refractivity contribution is -0.501.